The third-order valence-corrected chi connectivity index (χ3v) is 3.38. The molecular formula is C17H15F3N2O3. The molecule has 0 fully saturated rings. The molecule has 0 radical (unpaired) electrons. The summed E-state index contributed by atoms with van der Waals surface area (Å²) in [5.41, 5.74) is -0.503. The van der Waals surface area contributed by atoms with Crippen LogP contribution in [0.4, 0.5) is 13.2 Å². The first-order valence-corrected chi connectivity index (χ1v) is 7.27. The average Bonchev–Trinajstić information content (AvgIpc) is 2.60. The zero-order valence-electron chi connectivity index (χ0n) is 13.2. The Hall–Kier alpha value is -2.90. The topological polar surface area (TPSA) is 68.3 Å². The molecule has 5 nitrogen and oxygen atoms in total. The molecule has 1 aromatic heterocycles. The van der Waals surface area contributed by atoms with Crippen molar-refractivity contribution < 1.29 is 27.5 Å². The zero-order valence-corrected chi connectivity index (χ0v) is 13.2. The van der Waals surface area contributed by atoms with Crippen molar-refractivity contribution in [3.05, 3.63) is 65.5 Å². The van der Waals surface area contributed by atoms with Gasteiger partial charge in [0.2, 0.25) is 0 Å². The summed E-state index contributed by atoms with van der Waals surface area (Å²) < 4.78 is 43.0. The minimum absolute atomic E-state index is 0.0837. The number of ether oxygens (including phenoxy) is 1. The number of rotatable bonds is 5. The third kappa shape index (κ3) is 5.03. The summed E-state index contributed by atoms with van der Waals surface area (Å²) in [6, 6.07) is 8.09. The number of pyridine rings is 1. The number of nitrogens with zero attached hydrogens (tertiary/aromatic N) is 1. The van der Waals surface area contributed by atoms with E-state index in [2.05, 4.69) is 15.0 Å². The monoisotopic (exact) mass is 352 g/mol. The number of halogens is 3. The lowest BCUT2D eigenvalue weighted by Crippen LogP contribution is -2.43. The first-order valence-electron chi connectivity index (χ1n) is 7.27. The zero-order chi connectivity index (χ0) is 18.4. The lowest BCUT2D eigenvalue weighted by molar-refractivity contribution is -0.142. The summed E-state index contributed by atoms with van der Waals surface area (Å²) in [6.07, 6.45) is -3.22. The Bertz CT molecular complexity index is 748. The van der Waals surface area contributed by atoms with Crippen LogP contribution < -0.4 is 5.32 Å². The maximum atomic E-state index is 12.8. The quantitative estimate of drug-likeness (QED) is 0.840. The Balaban J connectivity index is 2.19. The summed E-state index contributed by atoms with van der Waals surface area (Å²) in [5, 5.41) is 2.43. The van der Waals surface area contributed by atoms with E-state index in [1.165, 1.54) is 24.4 Å². The van der Waals surface area contributed by atoms with Crippen LogP contribution in [0, 0.1) is 0 Å². The van der Waals surface area contributed by atoms with Crippen LogP contribution in [0.2, 0.25) is 0 Å². The molecule has 0 aliphatic rings. The molecular weight excluding hydrogens is 337 g/mol. The van der Waals surface area contributed by atoms with Gasteiger partial charge >= 0.3 is 12.1 Å². The van der Waals surface area contributed by atoms with Crippen molar-refractivity contribution in [2.75, 3.05) is 7.11 Å². The summed E-state index contributed by atoms with van der Waals surface area (Å²) in [5.74, 6) is -1.38. The largest absolute Gasteiger partial charge is 0.467 e. The minimum atomic E-state index is -4.49. The number of alkyl halides is 3. The molecule has 8 heteroatoms. The molecule has 25 heavy (non-hydrogen) atoms. The van der Waals surface area contributed by atoms with E-state index in [1.807, 2.05) is 0 Å². The van der Waals surface area contributed by atoms with Crippen LogP contribution in [0.15, 0.2) is 48.7 Å². The van der Waals surface area contributed by atoms with Crippen molar-refractivity contribution in [1.82, 2.24) is 10.3 Å². The molecule has 1 amide bonds. The Kier molecular flexibility index (Phi) is 5.74. The van der Waals surface area contributed by atoms with Gasteiger partial charge in [-0.25, -0.2) is 4.79 Å². The fraction of sp³-hybridized carbons (Fsp3) is 0.235. The van der Waals surface area contributed by atoms with Gasteiger partial charge in [0.1, 0.15) is 11.7 Å². The van der Waals surface area contributed by atoms with Gasteiger partial charge in [-0.15, -0.1) is 0 Å². The molecule has 0 spiro atoms. The lowest BCUT2D eigenvalue weighted by Gasteiger charge is -2.17. The average molecular weight is 352 g/mol. The molecule has 0 bridgehead atoms. The van der Waals surface area contributed by atoms with Gasteiger partial charge in [0, 0.05) is 12.6 Å². The molecule has 0 unspecified atom stereocenters. The fourth-order valence-corrected chi connectivity index (χ4v) is 2.18. The van der Waals surface area contributed by atoms with Crippen LogP contribution in [0.25, 0.3) is 0 Å². The second-order valence-corrected chi connectivity index (χ2v) is 5.17. The van der Waals surface area contributed by atoms with Crippen molar-refractivity contribution in [1.29, 1.82) is 0 Å². The highest BCUT2D eigenvalue weighted by Crippen LogP contribution is 2.29. The van der Waals surface area contributed by atoms with Crippen LogP contribution in [0.1, 0.15) is 21.6 Å². The van der Waals surface area contributed by atoms with E-state index in [4.69, 9.17) is 0 Å². The summed E-state index contributed by atoms with van der Waals surface area (Å²) >= 11 is 0. The fourth-order valence-electron chi connectivity index (χ4n) is 2.18. The summed E-state index contributed by atoms with van der Waals surface area (Å²) in [7, 11) is 1.13. The van der Waals surface area contributed by atoms with E-state index in [-0.39, 0.29) is 17.7 Å². The van der Waals surface area contributed by atoms with Crippen LogP contribution in [0.3, 0.4) is 0 Å². The summed E-state index contributed by atoms with van der Waals surface area (Å²) in [6.45, 7) is 0. The maximum absolute atomic E-state index is 12.8. The highest BCUT2D eigenvalue weighted by molar-refractivity contribution is 5.95. The maximum Gasteiger partial charge on any atom is 0.416 e. The lowest BCUT2D eigenvalue weighted by atomic mass is 10.0. The number of aromatic nitrogens is 1. The highest BCUT2D eigenvalue weighted by Gasteiger charge is 2.31. The van der Waals surface area contributed by atoms with E-state index in [0.717, 1.165) is 19.2 Å². The Morgan fingerprint density at radius 2 is 1.96 bits per heavy atom. The number of nitrogens with one attached hydrogen (secondary N) is 1. The van der Waals surface area contributed by atoms with E-state index in [1.54, 1.807) is 12.1 Å². The molecule has 1 atom stereocenters. The molecule has 0 saturated heterocycles. The molecule has 0 aliphatic heterocycles. The molecule has 1 N–H and O–H groups in total. The van der Waals surface area contributed by atoms with E-state index in [0.29, 0.717) is 0 Å². The van der Waals surface area contributed by atoms with Gasteiger partial charge in [-0.05, 0) is 23.8 Å². The summed E-state index contributed by atoms with van der Waals surface area (Å²) in [4.78, 5) is 27.9. The first-order chi connectivity index (χ1) is 11.8. The van der Waals surface area contributed by atoms with Gasteiger partial charge in [-0.3, -0.25) is 9.78 Å². The van der Waals surface area contributed by atoms with Crippen molar-refractivity contribution in [3.63, 3.8) is 0 Å². The molecule has 1 heterocycles. The smallest absolute Gasteiger partial charge is 0.416 e. The number of carbonyl (C=O) groups is 2. The van der Waals surface area contributed by atoms with Gasteiger partial charge in [0.25, 0.3) is 5.91 Å². The van der Waals surface area contributed by atoms with Crippen LogP contribution >= 0.6 is 0 Å². The number of hydrogen-bond acceptors (Lipinski definition) is 4. The number of amides is 1. The first kappa shape index (κ1) is 18.4. The Labute approximate surface area is 141 Å². The third-order valence-electron chi connectivity index (χ3n) is 3.38. The predicted molar refractivity (Wildman–Crippen MR) is 82.7 cm³/mol. The van der Waals surface area contributed by atoms with E-state index < -0.39 is 29.7 Å². The minimum Gasteiger partial charge on any atom is -0.467 e. The Morgan fingerprint density at radius 3 is 2.56 bits per heavy atom. The number of carbonyl (C=O) groups excluding carboxylic acids is 2. The highest BCUT2D eigenvalue weighted by atomic mass is 19.4. The molecule has 0 saturated carbocycles. The SMILES string of the molecule is COC(=O)[C@@H](Cc1cccc(C(F)(F)F)c1)NC(=O)c1ccccn1. The second-order valence-electron chi connectivity index (χ2n) is 5.17. The molecule has 0 aliphatic carbocycles. The van der Waals surface area contributed by atoms with Gasteiger partial charge in [-0.2, -0.15) is 13.2 Å². The van der Waals surface area contributed by atoms with Crippen LogP contribution in [-0.4, -0.2) is 30.0 Å². The van der Waals surface area contributed by atoms with Gasteiger partial charge in [-0.1, -0.05) is 24.3 Å². The number of hydrogen-bond donors (Lipinski definition) is 1. The van der Waals surface area contributed by atoms with Crippen molar-refractivity contribution in [3.8, 4) is 0 Å². The van der Waals surface area contributed by atoms with Crippen molar-refractivity contribution >= 4 is 11.9 Å². The second kappa shape index (κ2) is 7.78. The molecule has 1 aromatic carbocycles. The predicted octanol–water partition coefficient (Wildman–Crippen LogP) is 2.61. The molecule has 132 valence electrons. The Morgan fingerprint density at radius 1 is 1.20 bits per heavy atom. The van der Waals surface area contributed by atoms with Gasteiger partial charge in [0.05, 0.1) is 12.7 Å². The van der Waals surface area contributed by atoms with Crippen molar-refractivity contribution in [2.24, 2.45) is 0 Å². The van der Waals surface area contributed by atoms with Gasteiger partial charge < -0.3 is 10.1 Å². The van der Waals surface area contributed by atoms with Crippen LogP contribution in [0.5, 0.6) is 0 Å². The molecule has 2 aromatic rings. The number of esters is 1. The van der Waals surface area contributed by atoms with Crippen molar-refractivity contribution in [2.45, 2.75) is 18.6 Å². The number of methoxy groups -OCH3 is 1. The van der Waals surface area contributed by atoms with E-state index >= 15 is 0 Å². The van der Waals surface area contributed by atoms with Crippen LogP contribution in [-0.2, 0) is 22.1 Å². The normalized spacial score (nSPS) is 12.3. The number of benzene rings is 1. The van der Waals surface area contributed by atoms with Gasteiger partial charge in [0.15, 0.2) is 0 Å². The standard InChI is InChI=1S/C17H15F3N2O3/c1-25-16(24)14(22-15(23)13-7-2-3-8-21-13)10-11-5-4-6-12(9-11)17(18,19)20/h2-9,14H,10H2,1H3,(H,22,23)/t14-/m1/s1. The molecule has 2 rings (SSSR count). The van der Waals surface area contributed by atoms with E-state index in [9.17, 15) is 22.8 Å².